The Hall–Kier alpha value is -1.89. The third kappa shape index (κ3) is 2.82. The fourth-order valence-corrected chi connectivity index (χ4v) is 2.55. The molecule has 0 saturated heterocycles. The van der Waals surface area contributed by atoms with Crippen molar-refractivity contribution in [2.75, 3.05) is 6.61 Å². The highest BCUT2D eigenvalue weighted by Crippen LogP contribution is 2.38. The second-order valence-electron chi connectivity index (χ2n) is 3.91. The Morgan fingerprint density at radius 1 is 1.25 bits per heavy atom. The van der Waals surface area contributed by atoms with Crippen LogP contribution in [-0.2, 0) is 15.7 Å². The van der Waals surface area contributed by atoms with E-state index >= 15 is 0 Å². The van der Waals surface area contributed by atoms with Crippen LogP contribution in [0.2, 0.25) is 0 Å². The molecular weight excluding hydrogens is 293 g/mol. The molecule has 0 atom stereocenters. The summed E-state index contributed by atoms with van der Waals surface area (Å²) in [6.07, 6.45) is -4.42. The van der Waals surface area contributed by atoms with Gasteiger partial charge in [0.05, 0.1) is 6.61 Å². The molecule has 0 unspecified atom stereocenters. The fourth-order valence-electron chi connectivity index (χ4n) is 1.64. The maximum atomic E-state index is 12.6. The summed E-state index contributed by atoms with van der Waals surface area (Å²) in [5.74, 6) is -1.88. The minimum atomic E-state index is -4.42. The van der Waals surface area contributed by atoms with Gasteiger partial charge in [-0.1, -0.05) is 0 Å². The Morgan fingerprint density at radius 2 is 1.95 bits per heavy atom. The predicted molar refractivity (Wildman–Crippen MR) is 67.8 cm³/mol. The molecule has 106 valence electrons. The van der Waals surface area contributed by atoms with Gasteiger partial charge in [0.1, 0.15) is 4.88 Å². The van der Waals surface area contributed by atoms with Crippen molar-refractivity contribution < 1.29 is 27.5 Å². The first kappa shape index (κ1) is 14.5. The maximum absolute atomic E-state index is 12.6. The minimum absolute atomic E-state index is 0.0162. The number of esters is 1. The number of Topliss-reactive ketones (excluding diaryl/α,β-unsaturated/α-hetero) is 1. The molecule has 0 amide bonds. The van der Waals surface area contributed by atoms with Crippen LogP contribution in [0.25, 0.3) is 10.1 Å². The second kappa shape index (κ2) is 5.24. The van der Waals surface area contributed by atoms with Gasteiger partial charge < -0.3 is 4.74 Å². The van der Waals surface area contributed by atoms with Gasteiger partial charge in [0.25, 0.3) is 5.78 Å². The Labute approximate surface area is 116 Å². The average Bonchev–Trinajstić information content (AvgIpc) is 2.80. The number of hydrogen-bond acceptors (Lipinski definition) is 4. The summed E-state index contributed by atoms with van der Waals surface area (Å²) in [7, 11) is 0. The van der Waals surface area contributed by atoms with E-state index in [4.69, 9.17) is 0 Å². The molecule has 0 aliphatic rings. The van der Waals surface area contributed by atoms with Gasteiger partial charge in [-0.2, -0.15) is 13.2 Å². The summed E-state index contributed by atoms with van der Waals surface area (Å²) in [4.78, 5) is 22.2. The van der Waals surface area contributed by atoms with Crippen LogP contribution in [0.3, 0.4) is 0 Å². The van der Waals surface area contributed by atoms with Crippen LogP contribution in [0, 0.1) is 0 Å². The first-order valence-corrected chi connectivity index (χ1v) is 6.47. The Balaban J connectivity index is 2.39. The van der Waals surface area contributed by atoms with Gasteiger partial charge in [-0.3, -0.25) is 4.79 Å². The highest BCUT2D eigenvalue weighted by molar-refractivity contribution is 7.19. The van der Waals surface area contributed by atoms with Crippen molar-refractivity contribution in [1.29, 1.82) is 0 Å². The van der Waals surface area contributed by atoms with Crippen molar-refractivity contribution in [1.82, 2.24) is 0 Å². The molecule has 0 N–H and O–H groups in total. The first-order valence-electron chi connectivity index (χ1n) is 5.65. The van der Waals surface area contributed by atoms with Crippen LogP contribution < -0.4 is 0 Å². The lowest BCUT2D eigenvalue weighted by atomic mass is 10.1. The Morgan fingerprint density at radius 3 is 2.55 bits per heavy atom. The van der Waals surface area contributed by atoms with Crippen molar-refractivity contribution in [2.45, 2.75) is 13.1 Å². The third-order valence-electron chi connectivity index (χ3n) is 2.52. The number of ketones is 1. The molecule has 0 aliphatic carbocycles. The summed E-state index contributed by atoms with van der Waals surface area (Å²) >= 11 is 0.591. The van der Waals surface area contributed by atoms with E-state index in [-0.39, 0.29) is 17.6 Å². The molecule has 1 heterocycles. The van der Waals surface area contributed by atoms with E-state index in [9.17, 15) is 22.8 Å². The van der Waals surface area contributed by atoms with Crippen LogP contribution >= 0.6 is 11.3 Å². The van der Waals surface area contributed by atoms with Crippen LogP contribution in [0.1, 0.15) is 22.2 Å². The van der Waals surface area contributed by atoms with Crippen molar-refractivity contribution in [3.05, 3.63) is 34.7 Å². The van der Waals surface area contributed by atoms with Gasteiger partial charge in [0.2, 0.25) is 0 Å². The van der Waals surface area contributed by atoms with Gasteiger partial charge in [-0.05, 0) is 36.6 Å². The van der Waals surface area contributed by atoms with Gasteiger partial charge in [0, 0.05) is 10.3 Å². The van der Waals surface area contributed by atoms with Gasteiger partial charge in [0.15, 0.2) is 0 Å². The van der Waals surface area contributed by atoms with E-state index in [1.165, 1.54) is 18.2 Å². The normalized spacial score (nSPS) is 11.6. The highest BCUT2D eigenvalue weighted by atomic mass is 32.1. The molecule has 0 spiro atoms. The van der Waals surface area contributed by atoms with Crippen molar-refractivity contribution in [3.63, 3.8) is 0 Å². The minimum Gasteiger partial charge on any atom is -0.460 e. The lowest BCUT2D eigenvalue weighted by Crippen LogP contribution is -2.17. The number of thiophene rings is 1. The monoisotopic (exact) mass is 302 g/mol. The number of hydrogen-bond donors (Lipinski definition) is 0. The number of alkyl halides is 3. The van der Waals surface area contributed by atoms with Crippen molar-refractivity contribution in [2.24, 2.45) is 0 Å². The van der Waals surface area contributed by atoms with Gasteiger partial charge in [-0.25, -0.2) is 4.79 Å². The molecular formula is C13H9F3O3S. The van der Waals surface area contributed by atoms with E-state index in [1.807, 2.05) is 0 Å². The van der Waals surface area contributed by atoms with Crippen LogP contribution in [-0.4, -0.2) is 18.4 Å². The molecule has 7 heteroatoms. The molecule has 20 heavy (non-hydrogen) atoms. The molecule has 2 rings (SSSR count). The Kier molecular flexibility index (Phi) is 3.80. The highest BCUT2D eigenvalue weighted by Gasteiger charge is 2.32. The zero-order valence-corrected chi connectivity index (χ0v) is 11.1. The van der Waals surface area contributed by atoms with Crippen LogP contribution in [0.4, 0.5) is 13.2 Å². The lowest BCUT2D eigenvalue weighted by molar-refractivity contribution is -0.137. The Bertz CT molecular complexity index is 673. The number of fused-ring (bicyclic) bond motifs is 1. The molecule has 3 nitrogen and oxygen atoms in total. The molecule has 2 aromatic rings. The number of ether oxygens (including phenoxy) is 1. The maximum Gasteiger partial charge on any atom is 0.425 e. The zero-order chi connectivity index (χ0) is 14.9. The van der Waals surface area contributed by atoms with E-state index in [1.54, 1.807) is 6.92 Å². The van der Waals surface area contributed by atoms with Gasteiger partial charge >= 0.3 is 12.1 Å². The number of halogens is 3. The molecule has 1 aromatic heterocycles. The van der Waals surface area contributed by atoms with Gasteiger partial charge in [-0.15, -0.1) is 11.3 Å². The van der Waals surface area contributed by atoms with Crippen molar-refractivity contribution in [3.8, 4) is 0 Å². The zero-order valence-electron chi connectivity index (χ0n) is 10.3. The fraction of sp³-hybridized carbons (Fsp3) is 0.231. The SMILES string of the molecule is CCOC(=O)C(=O)c1ccc2sc(C(F)(F)F)cc2c1. The summed E-state index contributed by atoms with van der Waals surface area (Å²) in [6.45, 7) is 1.62. The van der Waals surface area contributed by atoms with E-state index in [0.29, 0.717) is 16.0 Å². The molecule has 0 saturated carbocycles. The summed E-state index contributed by atoms with van der Waals surface area (Å²) in [6, 6.07) is 4.93. The molecule has 0 fully saturated rings. The van der Waals surface area contributed by atoms with Crippen molar-refractivity contribution >= 4 is 33.2 Å². The average molecular weight is 302 g/mol. The first-order chi connectivity index (χ1) is 9.32. The quantitative estimate of drug-likeness (QED) is 0.493. The number of carbonyl (C=O) groups excluding carboxylic acids is 2. The molecule has 1 aromatic carbocycles. The second-order valence-corrected chi connectivity index (χ2v) is 4.99. The predicted octanol–water partition coefficient (Wildman–Crippen LogP) is 3.67. The van der Waals surface area contributed by atoms with E-state index in [2.05, 4.69) is 4.74 Å². The topological polar surface area (TPSA) is 43.4 Å². The lowest BCUT2D eigenvalue weighted by Gasteiger charge is -2.00. The third-order valence-corrected chi connectivity index (χ3v) is 3.68. The summed E-state index contributed by atoms with van der Waals surface area (Å²) in [5, 5.41) is 0.275. The van der Waals surface area contributed by atoms with E-state index in [0.717, 1.165) is 6.07 Å². The number of benzene rings is 1. The van der Waals surface area contributed by atoms with E-state index < -0.39 is 22.8 Å². The van der Waals surface area contributed by atoms with Crippen LogP contribution in [0.5, 0.6) is 0 Å². The summed E-state index contributed by atoms with van der Waals surface area (Å²) in [5.41, 5.74) is 0.0162. The summed E-state index contributed by atoms with van der Waals surface area (Å²) < 4.78 is 42.7. The standard InChI is InChI=1S/C13H9F3O3S/c1-2-19-12(18)11(17)7-3-4-9-8(5-7)6-10(20-9)13(14,15)16/h3-6H,2H2,1H3. The molecule has 0 radical (unpaired) electrons. The molecule has 0 aliphatic heterocycles. The number of carbonyl (C=O) groups is 2. The molecule has 0 bridgehead atoms. The van der Waals surface area contributed by atoms with Crippen LogP contribution in [0.15, 0.2) is 24.3 Å². The largest absolute Gasteiger partial charge is 0.460 e. The number of rotatable bonds is 3. The smallest absolute Gasteiger partial charge is 0.425 e.